The van der Waals surface area contributed by atoms with Crippen molar-refractivity contribution in [1.29, 1.82) is 0 Å². The fourth-order valence-corrected chi connectivity index (χ4v) is 9.80. The first kappa shape index (κ1) is 69.1. The standard InChI is InChI=1S/C65H123NO5/c1-3-5-7-9-11-13-15-17-19-20-21-22-23-24-25-26-27-30-33-37-41-45-49-53-57-63(68)62(61-67)66-64(69)58-54-50-46-42-38-34-31-28-32-36-40-44-48-52-56-60-71-65(70)59-55-51-47-43-39-35-29-18-16-14-12-10-8-6-4-2/h28,32,36,40,53,57,62-63,67-68H,3-27,29-31,33-35,37-39,41-52,54-56,58-61H2,1-2H3,(H,66,69)/b32-28-,40-36-,57-53+. The summed E-state index contributed by atoms with van der Waals surface area (Å²) in [5.74, 6) is -0.107. The molecule has 2 unspecified atom stereocenters. The summed E-state index contributed by atoms with van der Waals surface area (Å²) in [7, 11) is 0. The molecule has 0 spiro atoms. The van der Waals surface area contributed by atoms with Gasteiger partial charge in [0.1, 0.15) is 0 Å². The first-order valence-electron chi connectivity index (χ1n) is 31.8. The topological polar surface area (TPSA) is 95.9 Å². The van der Waals surface area contributed by atoms with Crippen LogP contribution in [0.25, 0.3) is 0 Å². The quantitative estimate of drug-likeness (QED) is 0.0244. The molecule has 0 aromatic rings. The second-order valence-electron chi connectivity index (χ2n) is 21.8. The van der Waals surface area contributed by atoms with Gasteiger partial charge >= 0.3 is 5.97 Å². The number of aliphatic hydroxyl groups is 2. The Balaban J connectivity index is 3.53. The van der Waals surface area contributed by atoms with Crippen molar-refractivity contribution < 1.29 is 24.5 Å². The molecule has 0 aliphatic heterocycles. The van der Waals surface area contributed by atoms with Crippen LogP contribution in [0.15, 0.2) is 36.5 Å². The average molecular weight is 999 g/mol. The van der Waals surface area contributed by atoms with Gasteiger partial charge in [0.2, 0.25) is 5.91 Å². The molecule has 0 bridgehead atoms. The Labute approximate surface area is 443 Å². The maximum Gasteiger partial charge on any atom is 0.305 e. The van der Waals surface area contributed by atoms with Crippen LogP contribution in [0, 0.1) is 0 Å². The Bertz CT molecular complexity index is 1150. The first-order chi connectivity index (χ1) is 35.0. The average Bonchev–Trinajstić information content (AvgIpc) is 3.37. The maximum absolute atomic E-state index is 12.5. The second kappa shape index (κ2) is 60.6. The van der Waals surface area contributed by atoms with Gasteiger partial charge in [0.15, 0.2) is 0 Å². The van der Waals surface area contributed by atoms with E-state index in [-0.39, 0.29) is 18.5 Å². The molecule has 6 heteroatoms. The lowest BCUT2D eigenvalue weighted by molar-refractivity contribution is -0.143. The summed E-state index contributed by atoms with van der Waals surface area (Å²) < 4.78 is 5.46. The minimum absolute atomic E-state index is 0.0194. The monoisotopic (exact) mass is 998 g/mol. The van der Waals surface area contributed by atoms with Gasteiger partial charge in [-0.1, -0.05) is 301 Å². The Hall–Kier alpha value is -1.92. The number of hydrogen-bond donors (Lipinski definition) is 3. The van der Waals surface area contributed by atoms with Gasteiger partial charge in [-0.3, -0.25) is 9.59 Å². The third-order valence-electron chi connectivity index (χ3n) is 14.7. The van der Waals surface area contributed by atoms with Gasteiger partial charge in [-0.05, 0) is 64.2 Å². The summed E-state index contributed by atoms with van der Waals surface area (Å²) in [6.45, 7) is 4.87. The lowest BCUT2D eigenvalue weighted by Crippen LogP contribution is -2.45. The number of ether oxygens (including phenoxy) is 1. The summed E-state index contributed by atoms with van der Waals surface area (Å²) in [4.78, 5) is 24.6. The largest absolute Gasteiger partial charge is 0.466 e. The predicted octanol–water partition coefficient (Wildman–Crippen LogP) is 20.0. The third kappa shape index (κ3) is 57.2. The van der Waals surface area contributed by atoms with Gasteiger partial charge in [0.25, 0.3) is 0 Å². The zero-order valence-corrected chi connectivity index (χ0v) is 47.7. The summed E-state index contributed by atoms with van der Waals surface area (Å²) in [6, 6.07) is -0.646. The SMILES string of the molecule is CCCCCCCCCCCCCCCCCCCCCCCC/C=C/C(O)C(CO)NC(=O)CCCCCCCC/C=C\C=C/CCCCCOC(=O)CCCCCCCCCCCCCCCCC. The van der Waals surface area contributed by atoms with Gasteiger partial charge in [-0.15, -0.1) is 0 Å². The van der Waals surface area contributed by atoms with Crippen LogP contribution in [0.1, 0.15) is 341 Å². The lowest BCUT2D eigenvalue weighted by atomic mass is 10.0. The smallest absolute Gasteiger partial charge is 0.305 e. The highest BCUT2D eigenvalue weighted by molar-refractivity contribution is 5.76. The predicted molar refractivity (Wildman–Crippen MR) is 310 cm³/mol. The van der Waals surface area contributed by atoms with Crippen molar-refractivity contribution >= 4 is 11.9 Å². The molecule has 6 nitrogen and oxygen atoms in total. The van der Waals surface area contributed by atoms with Crippen molar-refractivity contribution in [2.75, 3.05) is 13.2 Å². The first-order valence-corrected chi connectivity index (χ1v) is 31.8. The molecule has 0 radical (unpaired) electrons. The van der Waals surface area contributed by atoms with Crippen LogP contribution in [-0.2, 0) is 14.3 Å². The molecule has 0 fully saturated rings. The Morgan fingerprint density at radius 1 is 0.394 bits per heavy atom. The summed E-state index contributed by atoms with van der Waals surface area (Å²) >= 11 is 0. The minimum Gasteiger partial charge on any atom is -0.466 e. The third-order valence-corrected chi connectivity index (χ3v) is 14.7. The molecule has 0 saturated carbocycles. The number of unbranched alkanes of at least 4 members (excludes halogenated alkanes) is 45. The van der Waals surface area contributed by atoms with E-state index in [0.29, 0.717) is 19.4 Å². The molecular weight excluding hydrogens is 875 g/mol. The van der Waals surface area contributed by atoms with Crippen molar-refractivity contribution in [3.63, 3.8) is 0 Å². The zero-order chi connectivity index (χ0) is 51.4. The molecule has 3 N–H and O–H groups in total. The normalized spacial score (nSPS) is 12.8. The molecule has 0 aliphatic carbocycles. The molecule has 0 aromatic carbocycles. The van der Waals surface area contributed by atoms with Crippen LogP contribution >= 0.6 is 0 Å². The number of carbonyl (C=O) groups excluding carboxylic acids is 2. The second-order valence-corrected chi connectivity index (χ2v) is 21.8. The molecule has 71 heavy (non-hydrogen) atoms. The number of aliphatic hydroxyl groups excluding tert-OH is 2. The van der Waals surface area contributed by atoms with E-state index in [4.69, 9.17) is 4.74 Å². The fourth-order valence-electron chi connectivity index (χ4n) is 9.80. The molecular formula is C65H123NO5. The van der Waals surface area contributed by atoms with Crippen LogP contribution in [-0.4, -0.2) is 47.4 Å². The van der Waals surface area contributed by atoms with E-state index in [1.165, 1.54) is 238 Å². The van der Waals surface area contributed by atoms with Crippen LogP contribution in [0.2, 0.25) is 0 Å². The number of rotatable bonds is 59. The maximum atomic E-state index is 12.5. The fraction of sp³-hybridized carbons (Fsp3) is 0.877. The minimum atomic E-state index is -0.860. The Kier molecular flexibility index (Phi) is 59.0. The highest BCUT2D eigenvalue weighted by Crippen LogP contribution is 2.18. The van der Waals surface area contributed by atoms with Crippen molar-refractivity contribution in [1.82, 2.24) is 5.32 Å². The number of hydrogen-bond acceptors (Lipinski definition) is 5. The number of nitrogens with one attached hydrogen (secondary N) is 1. The van der Waals surface area contributed by atoms with Crippen LogP contribution in [0.5, 0.6) is 0 Å². The van der Waals surface area contributed by atoms with E-state index in [0.717, 1.165) is 77.0 Å². The van der Waals surface area contributed by atoms with E-state index in [1.54, 1.807) is 6.08 Å². The summed E-state index contributed by atoms with van der Waals surface area (Å²) in [6.07, 6.45) is 76.2. The van der Waals surface area contributed by atoms with E-state index in [9.17, 15) is 19.8 Å². The summed E-state index contributed by atoms with van der Waals surface area (Å²) in [5, 5.41) is 23.2. The highest BCUT2D eigenvalue weighted by atomic mass is 16.5. The molecule has 2 atom stereocenters. The van der Waals surface area contributed by atoms with Gasteiger partial charge in [0.05, 0.1) is 25.4 Å². The van der Waals surface area contributed by atoms with Crippen molar-refractivity contribution in [3.8, 4) is 0 Å². The summed E-state index contributed by atoms with van der Waals surface area (Å²) in [5.41, 5.74) is 0. The van der Waals surface area contributed by atoms with Crippen LogP contribution in [0.3, 0.4) is 0 Å². The van der Waals surface area contributed by atoms with Gasteiger partial charge in [-0.2, -0.15) is 0 Å². The number of carbonyl (C=O) groups is 2. The van der Waals surface area contributed by atoms with Crippen LogP contribution < -0.4 is 5.32 Å². The molecule has 418 valence electrons. The molecule has 1 amide bonds. The van der Waals surface area contributed by atoms with E-state index >= 15 is 0 Å². The lowest BCUT2D eigenvalue weighted by Gasteiger charge is -2.20. The molecule has 0 heterocycles. The van der Waals surface area contributed by atoms with Gasteiger partial charge in [0, 0.05) is 12.8 Å². The number of esters is 1. The van der Waals surface area contributed by atoms with E-state index in [2.05, 4.69) is 43.5 Å². The Morgan fingerprint density at radius 3 is 1.04 bits per heavy atom. The van der Waals surface area contributed by atoms with Crippen molar-refractivity contribution in [2.45, 2.75) is 353 Å². The molecule has 0 rings (SSSR count). The molecule has 0 aliphatic rings. The van der Waals surface area contributed by atoms with E-state index < -0.39 is 12.1 Å². The van der Waals surface area contributed by atoms with E-state index in [1.807, 2.05) is 6.08 Å². The molecule has 0 aromatic heterocycles. The zero-order valence-electron chi connectivity index (χ0n) is 47.7. The van der Waals surface area contributed by atoms with Gasteiger partial charge in [-0.25, -0.2) is 0 Å². The van der Waals surface area contributed by atoms with Crippen LogP contribution in [0.4, 0.5) is 0 Å². The van der Waals surface area contributed by atoms with Crippen molar-refractivity contribution in [2.24, 2.45) is 0 Å². The van der Waals surface area contributed by atoms with Crippen molar-refractivity contribution in [3.05, 3.63) is 36.5 Å². The molecule has 0 saturated heterocycles. The van der Waals surface area contributed by atoms with Gasteiger partial charge < -0.3 is 20.3 Å². The highest BCUT2D eigenvalue weighted by Gasteiger charge is 2.18. The Morgan fingerprint density at radius 2 is 0.690 bits per heavy atom. The number of allylic oxidation sites excluding steroid dienone is 5. The number of amides is 1.